The van der Waals surface area contributed by atoms with Crippen molar-refractivity contribution in [3.05, 3.63) is 53.7 Å². The molecule has 1 saturated heterocycles. The number of anilines is 1. The molecule has 0 aliphatic carbocycles. The van der Waals surface area contributed by atoms with E-state index in [9.17, 15) is 13.6 Å². The number of amides is 1. The van der Waals surface area contributed by atoms with Crippen LogP contribution in [0, 0.1) is 0 Å². The second-order valence-corrected chi connectivity index (χ2v) is 6.96. The van der Waals surface area contributed by atoms with E-state index < -0.39 is 18.0 Å². The summed E-state index contributed by atoms with van der Waals surface area (Å²) in [5, 5.41) is 2.70. The van der Waals surface area contributed by atoms with Crippen LogP contribution in [0.4, 0.5) is 14.5 Å². The normalized spacial score (nSPS) is 16.6. The number of fused-ring (bicyclic) bond motifs is 1. The molecule has 0 bridgehead atoms. The maximum absolute atomic E-state index is 12.9. The van der Waals surface area contributed by atoms with Gasteiger partial charge in [0.05, 0.1) is 38.2 Å². The molecule has 0 saturated carbocycles. The summed E-state index contributed by atoms with van der Waals surface area (Å²) < 4.78 is 44.3. The lowest BCUT2D eigenvalue weighted by Gasteiger charge is -2.21. The first-order valence-electron chi connectivity index (χ1n) is 9.93. The third-order valence-electron chi connectivity index (χ3n) is 4.70. The highest BCUT2D eigenvalue weighted by molar-refractivity contribution is 6.03. The Morgan fingerprint density at radius 1 is 1.32 bits per heavy atom. The quantitative estimate of drug-likeness (QED) is 0.617. The Morgan fingerprint density at radius 2 is 2.19 bits per heavy atom. The Morgan fingerprint density at radius 3 is 2.94 bits per heavy atom. The van der Waals surface area contributed by atoms with Crippen LogP contribution >= 0.6 is 0 Å². The molecular weight excluding hydrogens is 410 g/mol. The predicted octanol–water partition coefficient (Wildman–Crippen LogP) is 3.28. The van der Waals surface area contributed by atoms with E-state index in [1.165, 1.54) is 18.2 Å². The van der Waals surface area contributed by atoms with E-state index in [2.05, 4.69) is 15.3 Å². The summed E-state index contributed by atoms with van der Waals surface area (Å²) in [6.45, 7) is 3.87. The summed E-state index contributed by atoms with van der Waals surface area (Å²) in [7, 11) is 0. The molecule has 1 N–H and O–H groups in total. The van der Waals surface area contributed by atoms with E-state index in [0.717, 1.165) is 5.69 Å². The number of rotatable bonds is 7. The fraction of sp³-hybridized carbons (Fsp3) is 0.381. The summed E-state index contributed by atoms with van der Waals surface area (Å²) in [5.41, 5.74) is 1.27. The first-order chi connectivity index (χ1) is 15.0. The number of pyridine rings is 2. The maximum atomic E-state index is 12.9. The number of halogens is 2. The number of carbonyl (C=O) groups excluding carboxylic acids is 1. The topological polar surface area (TPSA) is 87.0 Å². The van der Waals surface area contributed by atoms with Crippen molar-refractivity contribution in [1.29, 1.82) is 0 Å². The smallest absolute Gasteiger partial charge is 0.280 e. The van der Waals surface area contributed by atoms with E-state index in [0.29, 0.717) is 49.9 Å². The van der Waals surface area contributed by atoms with Crippen LogP contribution in [0.1, 0.15) is 35.2 Å². The lowest BCUT2D eigenvalue weighted by atomic mass is 10.2. The predicted molar refractivity (Wildman–Crippen MR) is 108 cm³/mol. The highest BCUT2D eigenvalue weighted by atomic mass is 19.3. The van der Waals surface area contributed by atoms with Gasteiger partial charge < -0.3 is 23.9 Å². The number of hydrogen-bond acceptors (Lipinski definition) is 6. The van der Waals surface area contributed by atoms with Gasteiger partial charge in [-0.3, -0.25) is 4.79 Å². The fourth-order valence-corrected chi connectivity index (χ4v) is 3.31. The van der Waals surface area contributed by atoms with E-state index in [1.54, 1.807) is 16.7 Å². The molecule has 10 heteroatoms. The molecule has 4 rings (SSSR count). The Hall–Kier alpha value is -3.11. The number of alkyl halides is 2. The second kappa shape index (κ2) is 9.36. The van der Waals surface area contributed by atoms with Gasteiger partial charge in [-0.05, 0) is 19.1 Å². The number of hydrogen-bond donors (Lipinski definition) is 1. The number of nitrogens with zero attached hydrogens (tertiary/aromatic N) is 3. The highest BCUT2D eigenvalue weighted by Crippen LogP contribution is 2.27. The molecule has 164 valence electrons. The van der Waals surface area contributed by atoms with Crippen LogP contribution in [-0.2, 0) is 15.9 Å². The lowest BCUT2D eigenvalue weighted by molar-refractivity contribution is -0.0874. The molecule has 31 heavy (non-hydrogen) atoms. The minimum absolute atomic E-state index is 0.0580. The van der Waals surface area contributed by atoms with E-state index in [1.807, 2.05) is 13.1 Å². The van der Waals surface area contributed by atoms with Gasteiger partial charge in [0, 0.05) is 24.9 Å². The Labute approximate surface area is 177 Å². The largest absolute Gasteiger partial charge is 0.491 e. The average molecular weight is 432 g/mol. The van der Waals surface area contributed by atoms with Crippen molar-refractivity contribution < 1.29 is 27.8 Å². The number of carbonyl (C=O) groups is 1. The summed E-state index contributed by atoms with van der Waals surface area (Å²) in [6.07, 6.45) is 1.29. The van der Waals surface area contributed by atoms with Crippen LogP contribution in [0.3, 0.4) is 0 Å². The molecule has 1 atom stereocenters. The van der Waals surface area contributed by atoms with Crippen LogP contribution in [0.2, 0.25) is 0 Å². The third kappa shape index (κ3) is 4.97. The fourth-order valence-electron chi connectivity index (χ4n) is 3.31. The zero-order chi connectivity index (χ0) is 21.8. The summed E-state index contributed by atoms with van der Waals surface area (Å²) >= 11 is 0. The van der Waals surface area contributed by atoms with Gasteiger partial charge in [-0.15, -0.1) is 0 Å². The molecule has 1 amide bonds. The standard InChI is InChI=1S/C21H22F2N4O4/c1-2-30-18-9-19-24-13(8-14-12-29-6-7-31-14)10-27(19)11-17(18)26-21(28)16-5-3-4-15(25-16)20(22)23/h3-5,9-11,14,20H,2,6-8,12H2,1H3,(H,26,28). The first kappa shape index (κ1) is 21.1. The van der Waals surface area contributed by atoms with Gasteiger partial charge in [0.15, 0.2) is 0 Å². The van der Waals surface area contributed by atoms with Crippen molar-refractivity contribution >= 4 is 17.2 Å². The van der Waals surface area contributed by atoms with Crippen LogP contribution in [0.25, 0.3) is 5.65 Å². The molecule has 3 aromatic heterocycles. The lowest BCUT2D eigenvalue weighted by Crippen LogP contribution is -2.30. The van der Waals surface area contributed by atoms with Crippen molar-refractivity contribution in [2.24, 2.45) is 0 Å². The van der Waals surface area contributed by atoms with Gasteiger partial charge in [-0.2, -0.15) is 0 Å². The van der Waals surface area contributed by atoms with Gasteiger partial charge in [0.1, 0.15) is 28.5 Å². The molecule has 1 aliphatic rings. The van der Waals surface area contributed by atoms with Crippen LogP contribution in [0.15, 0.2) is 36.7 Å². The van der Waals surface area contributed by atoms with Gasteiger partial charge in [0.25, 0.3) is 12.3 Å². The monoisotopic (exact) mass is 432 g/mol. The van der Waals surface area contributed by atoms with E-state index in [-0.39, 0.29) is 11.8 Å². The zero-order valence-electron chi connectivity index (χ0n) is 16.9. The number of imidazole rings is 1. The minimum atomic E-state index is -2.76. The van der Waals surface area contributed by atoms with Crippen molar-refractivity contribution in [2.75, 3.05) is 31.7 Å². The van der Waals surface area contributed by atoms with Gasteiger partial charge in [-0.25, -0.2) is 18.7 Å². The Kier molecular flexibility index (Phi) is 6.38. The minimum Gasteiger partial charge on any atom is -0.491 e. The van der Waals surface area contributed by atoms with Gasteiger partial charge in [-0.1, -0.05) is 6.07 Å². The Bertz CT molecular complexity index is 1070. The molecule has 8 nitrogen and oxygen atoms in total. The van der Waals surface area contributed by atoms with E-state index in [4.69, 9.17) is 14.2 Å². The van der Waals surface area contributed by atoms with E-state index >= 15 is 0 Å². The van der Waals surface area contributed by atoms with Crippen LogP contribution < -0.4 is 10.1 Å². The SMILES string of the molecule is CCOc1cc2nc(CC3COCCO3)cn2cc1NC(=O)c1cccc(C(F)F)n1. The van der Waals surface area contributed by atoms with Crippen molar-refractivity contribution in [3.63, 3.8) is 0 Å². The molecule has 1 unspecified atom stereocenters. The molecule has 4 heterocycles. The number of ether oxygens (including phenoxy) is 3. The number of aromatic nitrogens is 3. The molecule has 0 spiro atoms. The van der Waals surface area contributed by atoms with Crippen LogP contribution in [0.5, 0.6) is 5.75 Å². The zero-order valence-corrected chi connectivity index (χ0v) is 16.9. The van der Waals surface area contributed by atoms with Crippen molar-refractivity contribution in [3.8, 4) is 5.75 Å². The van der Waals surface area contributed by atoms with Crippen molar-refractivity contribution in [1.82, 2.24) is 14.4 Å². The van der Waals surface area contributed by atoms with Crippen LogP contribution in [-0.4, -0.2) is 52.8 Å². The van der Waals surface area contributed by atoms with Gasteiger partial charge in [0.2, 0.25) is 0 Å². The van der Waals surface area contributed by atoms with Gasteiger partial charge >= 0.3 is 0 Å². The highest BCUT2D eigenvalue weighted by Gasteiger charge is 2.19. The summed E-state index contributed by atoms with van der Waals surface area (Å²) in [5.74, 6) is -0.196. The Balaban J connectivity index is 1.58. The van der Waals surface area contributed by atoms with Crippen molar-refractivity contribution in [2.45, 2.75) is 25.9 Å². The second-order valence-electron chi connectivity index (χ2n) is 6.96. The molecule has 0 radical (unpaired) electrons. The maximum Gasteiger partial charge on any atom is 0.280 e. The molecule has 1 aliphatic heterocycles. The molecule has 0 aromatic carbocycles. The molecule has 1 fully saturated rings. The summed E-state index contributed by atoms with van der Waals surface area (Å²) in [4.78, 5) is 20.9. The molecular formula is C21H22F2N4O4. The number of nitrogens with one attached hydrogen (secondary N) is 1. The average Bonchev–Trinajstić information content (AvgIpc) is 3.15. The summed E-state index contributed by atoms with van der Waals surface area (Å²) in [6, 6.07) is 5.63. The third-order valence-corrected chi connectivity index (χ3v) is 4.70. The first-order valence-corrected chi connectivity index (χ1v) is 9.93. The molecule has 3 aromatic rings.